The van der Waals surface area contributed by atoms with E-state index in [0.29, 0.717) is 6.10 Å². The molecule has 0 spiro atoms. The topological polar surface area (TPSA) is 54.9 Å². The molecule has 5 nitrogen and oxygen atoms in total. The third-order valence-corrected chi connectivity index (χ3v) is 4.34. The minimum absolute atomic E-state index is 0. The number of benzene rings is 1. The van der Waals surface area contributed by atoms with E-state index in [2.05, 4.69) is 21.7 Å². The molecule has 0 amide bonds. The molecule has 0 atom stereocenters. The fourth-order valence-corrected chi connectivity index (χ4v) is 2.95. The largest absolute Gasteiger partial charge is 0.497 e. The van der Waals surface area contributed by atoms with Gasteiger partial charge in [-0.2, -0.15) is 0 Å². The zero-order valence-corrected chi connectivity index (χ0v) is 17.8. The first kappa shape index (κ1) is 22.0. The van der Waals surface area contributed by atoms with Crippen molar-refractivity contribution < 1.29 is 9.47 Å². The summed E-state index contributed by atoms with van der Waals surface area (Å²) in [5.41, 5.74) is 1.16. The highest BCUT2D eigenvalue weighted by atomic mass is 127. The summed E-state index contributed by atoms with van der Waals surface area (Å²) in [4.78, 5) is 4.26. The molecule has 2 N–H and O–H groups in total. The number of aliphatic imine (C=N–C) groups is 1. The molecule has 1 fully saturated rings. The third kappa shape index (κ3) is 8.76. The first-order chi connectivity index (χ1) is 11.8. The van der Waals surface area contributed by atoms with Crippen LogP contribution in [-0.4, -0.2) is 39.4 Å². The van der Waals surface area contributed by atoms with Crippen LogP contribution in [-0.2, 0) is 11.3 Å². The SMILES string of the molecule is CN=C(NCCCOC1CCCCC1)NCc1cccc(OC)c1.I. The van der Waals surface area contributed by atoms with Gasteiger partial charge in [0.05, 0.1) is 13.2 Å². The lowest BCUT2D eigenvalue weighted by molar-refractivity contribution is 0.0277. The second kappa shape index (κ2) is 13.2. The van der Waals surface area contributed by atoms with E-state index in [1.165, 1.54) is 32.1 Å². The zero-order chi connectivity index (χ0) is 17.0. The van der Waals surface area contributed by atoms with Gasteiger partial charge in [0.25, 0.3) is 0 Å². The van der Waals surface area contributed by atoms with Crippen molar-refractivity contribution in [3.05, 3.63) is 29.8 Å². The summed E-state index contributed by atoms with van der Waals surface area (Å²) in [5, 5.41) is 6.65. The second-order valence-electron chi connectivity index (χ2n) is 6.19. The Hall–Kier alpha value is -1.02. The molecule has 0 aromatic heterocycles. The average Bonchev–Trinajstić information content (AvgIpc) is 2.65. The maximum Gasteiger partial charge on any atom is 0.191 e. The van der Waals surface area contributed by atoms with Crippen LogP contribution in [0, 0.1) is 0 Å². The molecule has 0 heterocycles. The van der Waals surface area contributed by atoms with Crippen molar-refractivity contribution in [1.29, 1.82) is 0 Å². The van der Waals surface area contributed by atoms with Gasteiger partial charge in [0, 0.05) is 26.7 Å². The van der Waals surface area contributed by atoms with Crippen molar-refractivity contribution in [2.75, 3.05) is 27.3 Å². The van der Waals surface area contributed by atoms with Gasteiger partial charge in [0.2, 0.25) is 0 Å². The van der Waals surface area contributed by atoms with Gasteiger partial charge >= 0.3 is 0 Å². The molecular weight excluding hydrogens is 429 g/mol. The number of hydrogen-bond donors (Lipinski definition) is 2. The summed E-state index contributed by atoms with van der Waals surface area (Å²) < 4.78 is 11.2. The Morgan fingerprint density at radius 1 is 1.20 bits per heavy atom. The van der Waals surface area contributed by atoms with Crippen LogP contribution < -0.4 is 15.4 Å². The van der Waals surface area contributed by atoms with Crippen LogP contribution in [0.4, 0.5) is 0 Å². The lowest BCUT2D eigenvalue weighted by Crippen LogP contribution is -2.37. The molecule has 1 aliphatic rings. The van der Waals surface area contributed by atoms with Crippen LogP contribution in [0.3, 0.4) is 0 Å². The standard InChI is InChI=1S/C19H31N3O2.HI/c1-20-19(22-15-16-8-6-11-18(14-16)23-2)21-12-7-13-24-17-9-4-3-5-10-17;/h6,8,11,14,17H,3-5,7,9-10,12-13,15H2,1-2H3,(H2,20,21,22);1H. The predicted octanol–water partition coefficient (Wildman–Crippen LogP) is 3.72. The number of guanidine groups is 1. The number of hydrogen-bond acceptors (Lipinski definition) is 3. The molecule has 0 aliphatic heterocycles. The first-order valence-corrected chi connectivity index (χ1v) is 9.01. The number of methoxy groups -OCH3 is 1. The van der Waals surface area contributed by atoms with Crippen LogP contribution in [0.5, 0.6) is 5.75 Å². The van der Waals surface area contributed by atoms with E-state index in [1.807, 2.05) is 18.2 Å². The van der Waals surface area contributed by atoms with Gasteiger partial charge in [-0.25, -0.2) is 0 Å². The summed E-state index contributed by atoms with van der Waals surface area (Å²) in [7, 11) is 3.47. The minimum Gasteiger partial charge on any atom is -0.497 e. The monoisotopic (exact) mass is 461 g/mol. The van der Waals surface area contributed by atoms with Crippen LogP contribution in [0.25, 0.3) is 0 Å². The summed E-state index contributed by atoms with van der Waals surface area (Å²) >= 11 is 0. The Kier molecular flexibility index (Phi) is 11.6. The van der Waals surface area contributed by atoms with Crippen molar-refractivity contribution in [3.63, 3.8) is 0 Å². The molecule has 6 heteroatoms. The molecule has 0 radical (unpaired) electrons. The molecular formula is C19H32IN3O2. The first-order valence-electron chi connectivity index (χ1n) is 9.01. The Morgan fingerprint density at radius 3 is 2.72 bits per heavy atom. The maximum absolute atomic E-state index is 5.94. The average molecular weight is 461 g/mol. The number of nitrogens with one attached hydrogen (secondary N) is 2. The lowest BCUT2D eigenvalue weighted by Gasteiger charge is -2.22. The van der Waals surface area contributed by atoms with Crippen LogP contribution >= 0.6 is 24.0 Å². The van der Waals surface area contributed by atoms with E-state index in [0.717, 1.165) is 43.4 Å². The van der Waals surface area contributed by atoms with Gasteiger partial charge in [-0.1, -0.05) is 31.4 Å². The Bertz CT molecular complexity index is 505. The van der Waals surface area contributed by atoms with Gasteiger partial charge in [-0.3, -0.25) is 4.99 Å². The van der Waals surface area contributed by atoms with Gasteiger partial charge in [-0.15, -0.1) is 24.0 Å². The van der Waals surface area contributed by atoms with E-state index >= 15 is 0 Å². The van der Waals surface area contributed by atoms with Crippen LogP contribution in [0.2, 0.25) is 0 Å². The molecule has 1 aromatic carbocycles. The van der Waals surface area contributed by atoms with E-state index in [4.69, 9.17) is 9.47 Å². The molecule has 0 unspecified atom stereocenters. The molecule has 0 bridgehead atoms. The van der Waals surface area contributed by atoms with Crippen molar-refractivity contribution >= 4 is 29.9 Å². The van der Waals surface area contributed by atoms with Crippen molar-refractivity contribution in [2.24, 2.45) is 4.99 Å². The zero-order valence-electron chi connectivity index (χ0n) is 15.4. The minimum atomic E-state index is 0. The summed E-state index contributed by atoms with van der Waals surface area (Å²) in [5.74, 6) is 1.69. The highest BCUT2D eigenvalue weighted by molar-refractivity contribution is 14.0. The lowest BCUT2D eigenvalue weighted by atomic mass is 9.98. The quantitative estimate of drug-likeness (QED) is 0.268. The van der Waals surface area contributed by atoms with Crippen LogP contribution in [0.15, 0.2) is 29.3 Å². The molecule has 1 aromatic rings. The fourth-order valence-electron chi connectivity index (χ4n) is 2.95. The second-order valence-corrected chi connectivity index (χ2v) is 6.19. The molecule has 2 rings (SSSR count). The predicted molar refractivity (Wildman–Crippen MR) is 114 cm³/mol. The van der Waals surface area contributed by atoms with Crippen LogP contribution in [0.1, 0.15) is 44.1 Å². The number of rotatable bonds is 8. The number of ether oxygens (including phenoxy) is 2. The smallest absolute Gasteiger partial charge is 0.191 e. The fraction of sp³-hybridized carbons (Fsp3) is 0.632. The summed E-state index contributed by atoms with van der Waals surface area (Å²) in [6.45, 7) is 2.41. The molecule has 25 heavy (non-hydrogen) atoms. The normalized spacial score (nSPS) is 15.4. The number of nitrogens with zero attached hydrogens (tertiary/aromatic N) is 1. The Labute approximate surface area is 169 Å². The highest BCUT2D eigenvalue weighted by Gasteiger charge is 2.12. The Morgan fingerprint density at radius 2 is 2.00 bits per heavy atom. The van der Waals surface area contributed by atoms with Crippen molar-refractivity contribution in [3.8, 4) is 5.75 Å². The molecule has 1 saturated carbocycles. The summed E-state index contributed by atoms with van der Waals surface area (Å²) in [6, 6.07) is 8.04. The third-order valence-electron chi connectivity index (χ3n) is 4.34. The van der Waals surface area contributed by atoms with Crippen molar-refractivity contribution in [1.82, 2.24) is 10.6 Å². The van der Waals surface area contributed by atoms with Crippen molar-refractivity contribution in [2.45, 2.75) is 51.2 Å². The van der Waals surface area contributed by atoms with E-state index in [9.17, 15) is 0 Å². The van der Waals surface area contributed by atoms with Gasteiger partial charge in [0.1, 0.15) is 5.75 Å². The van der Waals surface area contributed by atoms with E-state index in [-0.39, 0.29) is 24.0 Å². The molecule has 1 aliphatic carbocycles. The highest BCUT2D eigenvalue weighted by Crippen LogP contribution is 2.20. The van der Waals surface area contributed by atoms with Gasteiger partial charge in [0.15, 0.2) is 5.96 Å². The molecule has 142 valence electrons. The van der Waals surface area contributed by atoms with E-state index < -0.39 is 0 Å². The van der Waals surface area contributed by atoms with Gasteiger partial charge < -0.3 is 20.1 Å². The summed E-state index contributed by atoms with van der Waals surface area (Å²) in [6.07, 6.45) is 7.97. The number of halogens is 1. The maximum atomic E-state index is 5.94. The Balaban J connectivity index is 0.00000312. The van der Waals surface area contributed by atoms with E-state index in [1.54, 1.807) is 14.2 Å². The molecule has 0 saturated heterocycles. The van der Waals surface area contributed by atoms with Gasteiger partial charge in [-0.05, 0) is 37.0 Å².